The van der Waals surface area contributed by atoms with Gasteiger partial charge < -0.3 is 10.6 Å². The van der Waals surface area contributed by atoms with E-state index >= 15 is 0 Å². The molecule has 20 heavy (non-hydrogen) atoms. The number of hydrogen-bond donors (Lipinski definition) is 2. The predicted molar refractivity (Wildman–Crippen MR) is 87.1 cm³/mol. The van der Waals surface area contributed by atoms with Crippen molar-refractivity contribution < 1.29 is 4.79 Å². The second-order valence-corrected chi connectivity index (χ2v) is 6.29. The first-order valence-electron chi connectivity index (χ1n) is 7.41. The molecule has 4 heteroatoms. The lowest BCUT2D eigenvalue weighted by atomic mass is 10.2. The van der Waals surface area contributed by atoms with Crippen LogP contribution in [0.25, 0.3) is 0 Å². The molecule has 1 aromatic rings. The fraction of sp³-hybridized carbons (Fsp3) is 0.562. The van der Waals surface area contributed by atoms with Gasteiger partial charge in [-0.2, -0.15) is 0 Å². The summed E-state index contributed by atoms with van der Waals surface area (Å²) in [5, 5.41) is 6.26. The summed E-state index contributed by atoms with van der Waals surface area (Å²) in [6.07, 6.45) is 2.13. The van der Waals surface area contributed by atoms with Crippen LogP contribution < -0.4 is 10.6 Å². The maximum Gasteiger partial charge on any atom is 0.233 e. The number of benzene rings is 1. The van der Waals surface area contributed by atoms with E-state index in [1.807, 2.05) is 6.92 Å². The van der Waals surface area contributed by atoms with Gasteiger partial charge in [-0.3, -0.25) is 4.79 Å². The number of carbonyl (C=O) groups is 1. The third-order valence-electron chi connectivity index (χ3n) is 2.91. The number of carbonyl (C=O) groups excluding carboxylic acids is 1. The second-order valence-electron chi connectivity index (χ2n) is 4.87. The minimum Gasteiger partial charge on any atom is -0.355 e. The Labute approximate surface area is 126 Å². The van der Waals surface area contributed by atoms with Crippen LogP contribution in [-0.4, -0.2) is 24.2 Å². The van der Waals surface area contributed by atoms with Gasteiger partial charge in [-0.25, -0.2) is 0 Å². The van der Waals surface area contributed by atoms with Crippen LogP contribution >= 0.6 is 11.8 Å². The topological polar surface area (TPSA) is 41.1 Å². The molecule has 1 rings (SSSR count). The van der Waals surface area contributed by atoms with Crippen molar-refractivity contribution in [3.63, 3.8) is 0 Å². The van der Waals surface area contributed by atoms with Gasteiger partial charge in [-0.05, 0) is 44.0 Å². The fourth-order valence-electron chi connectivity index (χ4n) is 1.74. The van der Waals surface area contributed by atoms with E-state index in [9.17, 15) is 4.79 Å². The molecule has 0 bridgehead atoms. The molecule has 0 saturated heterocycles. The van der Waals surface area contributed by atoms with Gasteiger partial charge >= 0.3 is 0 Å². The van der Waals surface area contributed by atoms with E-state index in [4.69, 9.17) is 0 Å². The lowest BCUT2D eigenvalue weighted by Gasteiger charge is -2.12. The largest absolute Gasteiger partial charge is 0.355 e. The summed E-state index contributed by atoms with van der Waals surface area (Å²) < 4.78 is 0. The summed E-state index contributed by atoms with van der Waals surface area (Å²) >= 11 is 1.61. The Hall–Kier alpha value is -1.00. The highest BCUT2D eigenvalue weighted by Crippen LogP contribution is 2.23. The van der Waals surface area contributed by atoms with Gasteiger partial charge in [0.25, 0.3) is 0 Å². The molecule has 1 aromatic carbocycles. The van der Waals surface area contributed by atoms with E-state index in [0.717, 1.165) is 37.4 Å². The Morgan fingerprint density at radius 2 is 1.80 bits per heavy atom. The molecule has 0 spiro atoms. The lowest BCUT2D eigenvalue weighted by molar-refractivity contribution is -0.120. The Bertz CT molecular complexity index is 392. The number of nitrogens with one attached hydrogen (secondary N) is 2. The zero-order valence-electron chi connectivity index (χ0n) is 12.7. The zero-order chi connectivity index (χ0) is 14.8. The molecule has 1 amide bonds. The van der Waals surface area contributed by atoms with E-state index in [-0.39, 0.29) is 11.2 Å². The summed E-state index contributed by atoms with van der Waals surface area (Å²) in [5.74, 6) is 0.116. The first kappa shape index (κ1) is 17.1. The van der Waals surface area contributed by atoms with Crippen LogP contribution in [0.4, 0.5) is 0 Å². The maximum atomic E-state index is 11.8. The monoisotopic (exact) mass is 294 g/mol. The average molecular weight is 294 g/mol. The molecular weight excluding hydrogens is 268 g/mol. The molecule has 0 radical (unpaired) electrons. The third-order valence-corrected chi connectivity index (χ3v) is 4.02. The molecule has 2 N–H and O–H groups in total. The van der Waals surface area contributed by atoms with Gasteiger partial charge in [0.1, 0.15) is 0 Å². The zero-order valence-corrected chi connectivity index (χ0v) is 13.6. The van der Waals surface area contributed by atoms with E-state index in [1.54, 1.807) is 11.8 Å². The SMILES string of the molecule is CCCNCc1ccc(SC(C)C(=O)NCCC)cc1. The molecule has 3 nitrogen and oxygen atoms in total. The minimum absolute atomic E-state index is 0.0504. The van der Waals surface area contributed by atoms with Crippen molar-refractivity contribution in [2.75, 3.05) is 13.1 Å². The highest BCUT2D eigenvalue weighted by atomic mass is 32.2. The Morgan fingerprint density at radius 1 is 1.15 bits per heavy atom. The number of hydrogen-bond acceptors (Lipinski definition) is 3. The molecule has 1 unspecified atom stereocenters. The van der Waals surface area contributed by atoms with Gasteiger partial charge in [0, 0.05) is 18.0 Å². The smallest absolute Gasteiger partial charge is 0.233 e. The number of amides is 1. The van der Waals surface area contributed by atoms with Crippen molar-refractivity contribution >= 4 is 17.7 Å². The minimum atomic E-state index is -0.0504. The average Bonchev–Trinajstić information content (AvgIpc) is 2.46. The normalized spacial score (nSPS) is 12.2. The predicted octanol–water partition coefficient (Wildman–Crippen LogP) is 3.19. The summed E-state index contributed by atoms with van der Waals surface area (Å²) in [6.45, 7) is 8.88. The van der Waals surface area contributed by atoms with E-state index in [1.165, 1.54) is 5.56 Å². The van der Waals surface area contributed by atoms with Crippen LogP contribution in [0.15, 0.2) is 29.2 Å². The molecule has 0 aromatic heterocycles. The molecule has 0 fully saturated rings. The van der Waals surface area contributed by atoms with Gasteiger partial charge in [-0.15, -0.1) is 11.8 Å². The quantitative estimate of drug-likeness (QED) is 0.543. The van der Waals surface area contributed by atoms with E-state index in [0.29, 0.717) is 0 Å². The van der Waals surface area contributed by atoms with Gasteiger partial charge in [-0.1, -0.05) is 26.0 Å². The molecule has 1 atom stereocenters. The lowest BCUT2D eigenvalue weighted by Crippen LogP contribution is -2.31. The van der Waals surface area contributed by atoms with Gasteiger partial charge in [0.15, 0.2) is 0 Å². The highest BCUT2D eigenvalue weighted by molar-refractivity contribution is 8.00. The van der Waals surface area contributed by atoms with Crippen LogP contribution in [0, 0.1) is 0 Å². The molecule has 0 saturated carbocycles. The second kappa shape index (κ2) is 9.83. The standard InChI is InChI=1S/C16H26N2OS/c1-4-10-17-12-14-6-8-15(9-7-14)20-13(3)16(19)18-11-5-2/h6-9,13,17H,4-5,10-12H2,1-3H3,(H,18,19). The first-order valence-corrected chi connectivity index (χ1v) is 8.29. The summed E-state index contributed by atoms with van der Waals surface area (Å²) in [4.78, 5) is 12.9. The van der Waals surface area contributed by atoms with Gasteiger partial charge in [0.05, 0.1) is 5.25 Å². The Morgan fingerprint density at radius 3 is 2.40 bits per heavy atom. The Kier molecular flexibility index (Phi) is 8.38. The molecule has 0 aliphatic rings. The first-order chi connectivity index (χ1) is 9.67. The Balaban J connectivity index is 2.42. The van der Waals surface area contributed by atoms with E-state index in [2.05, 4.69) is 48.7 Å². The molecule has 0 heterocycles. The number of thioether (sulfide) groups is 1. The van der Waals surface area contributed by atoms with Crippen LogP contribution in [0.1, 0.15) is 39.2 Å². The van der Waals surface area contributed by atoms with Crippen molar-refractivity contribution in [3.8, 4) is 0 Å². The van der Waals surface area contributed by atoms with Crippen LogP contribution in [-0.2, 0) is 11.3 Å². The van der Waals surface area contributed by atoms with Crippen LogP contribution in [0.2, 0.25) is 0 Å². The van der Waals surface area contributed by atoms with Gasteiger partial charge in [0.2, 0.25) is 5.91 Å². The molecule has 0 aliphatic carbocycles. The highest BCUT2D eigenvalue weighted by Gasteiger charge is 2.13. The molecular formula is C16H26N2OS. The maximum absolute atomic E-state index is 11.8. The third kappa shape index (κ3) is 6.44. The molecule has 0 aliphatic heterocycles. The van der Waals surface area contributed by atoms with Crippen molar-refractivity contribution in [1.29, 1.82) is 0 Å². The van der Waals surface area contributed by atoms with Crippen molar-refractivity contribution in [2.24, 2.45) is 0 Å². The van der Waals surface area contributed by atoms with Crippen molar-refractivity contribution in [3.05, 3.63) is 29.8 Å². The summed E-state index contributed by atoms with van der Waals surface area (Å²) in [6, 6.07) is 8.44. The van der Waals surface area contributed by atoms with Crippen molar-refractivity contribution in [1.82, 2.24) is 10.6 Å². The summed E-state index contributed by atoms with van der Waals surface area (Å²) in [5.41, 5.74) is 1.28. The number of rotatable bonds is 9. The van der Waals surface area contributed by atoms with E-state index < -0.39 is 0 Å². The molecule has 112 valence electrons. The fourth-order valence-corrected chi connectivity index (χ4v) is 2.64. The van der Waals surface area contributed by atoms with Crippen molar-refractivity contribution in [2.45, 2.75) is 50.3 Å². The van der Waals surface area contributed by atoms with Crippen LogP contribution in [0.5, 0.6) is 0 Å². The summed E-state index contributed by atoms with van der Waals surface area (Å²) in [7, 11) is 0. The van der Waals surface area contributed by atoms with Crippen LogP contribution in [0.3, 0.4) is 0 Å².